The standard InChI is InChI=1S/C15H18O4/c1-7-4-5-9-8(2)13(16)18-11(9)12-14(3)10(19-14)6-15(7,12)17/h4,9-12,17H,2,5-6H2,1,3H3/t9-,10+,11-,12-,14+,15+/m0/s1. The number of carbonyl (C=O) groups is 1. The van der Waals surface area contributed by atoms with Gasteiger partial charge in [0.1, 0.15) is 11.7 Å². The van der Waals surface area contributed by atoms with Crippen molar-refractivity contribution in [2.75, 3.05) is 0 Å². The third kappa shape index (κ3) is 1.20. The van der Waals surface area contributed by atoms with Gasteiger partial charge in [-0.2, -0.15) is 0 Å². The van der Waals surface area contributed by atoms with E-state index >= 15 is 0 Å². The van der Waals surface area contributed by atoms with Crippen LogP contribution in [-0.4, -0.2) is 34.5 Å². The molecule has 0 aromatic carbocycles. The fraction of sp³-hybridized carbons (Fsp3) is 0.667. The van der Waals surface area contributed by atoms with Crippen molar-refractivity contribution in [2.24, 2.45) is 11.8 Å². The Bertz CT molecular complexity index is 536. The lowest BCUT2D eigenvalue weighted by Gasteiger charge is -2.37. The molecule has 0 aromatic rings. The molecule has 0 bridgehead atoms. The minimum Gasteiger partial charge on any atom is -0.458 e. The van der Waals surface area contributed by atoms with E-state index < -0.39 is 5.60 Å². The summed E-state index contributed by atoms with van der Waals surface area (Å²) in [7, 11) is 0. The number of epoxide rings is 1. The van der Waals surface area contributed by atoms with Crippen molar-refractivity contribution < 1.29 is 19.4 Å². The van der Waals surface area contributed by atoms with E-state index in [9.17, 15) is 9.90 Å². The molecule has 6 atom stereocenters. The summed E-state index contributed by atoms with van der Waals surface area (Å²) in [5, 5.41) is 11.1. The van der Waals surface area contributed by atoms with Crippen LogP contribution in [0, 0.1) is 11.8 Å². The number of fused-ring (bicyclic) bond motifs is 5. The lowest BCUT2D eigenvalue weighted by molar-refractivity contribution is -0.148. The van der Waals surface area contributed by atoms with Crippen LogP contribution >= 0.6 is 0 Å². The Hall–Kier alpha value is -1.13. The fourth-order valence-corrected chi connectivity index (χ4v) is 4.37. The van der Waals surface area contributed by atoms with Crippen molar-refractivity contribution >= 4 is 5.97 Å². The largest absolute Gasteiger partial charge is 0.458 e. The van der Waals surface area contributed by atoms with Crippen LogP contribution in [0.5, 0.6) is 0 Å². The Labute approximate surface area is 112 Å². The summed E-state index contributed by atoms with van der Waals surface area (Å²) in [6.07, 6.45) is 3.12. The third-order valence-electron chi connectivity index (χ3n) is 5.65. The zero-order valence-electron chi connectivity index (χ0n) is 11.2. The molecule has 4 heteroatoms. The maximum absolute atomic E-state index is 11.8. The zero-order chi connectivity index (χ0) is 13.6. The number of aliphatic hydroxyl groups is 1. The van der Waals surface area contributed by atoms with Crippen LogP contribution in [0.4, 0.5) is 0 Å². The minimum absolute atomic E-state index is 0.0266. The molecule has 1 N–H and O–H groups in total. The first-order valence-corrected chi connectivity index (χ1v) is 6.85. The maximum atomic E-state index is 11.8. The summed E-state index contributed by atoms with van der Waals surface area (Å²) < 4.78 is 11.3. The molecule has 0 unspecified atom stereocenters. The molecule has 2 heterocycles. The van der Waals surface area contributed by atoms with Gasteiger partial charge in [0.25, 0.3) is 0 Å². The number of esters is 1. The van der Waals surface area contributed by atoms with Gasteiger partial charge in [-0.1, -0.05) is 12.7 Å². The van der Waals surface area contributed by atoms with Crippen molar-refractivity contribution in [3.8, 4) is 0 Å². The van der Waals surface area contributed by atoms with E-state index in [2.05, 4.69) is 6.58 Å². The number of hydrogen-bond acceptors (Lipinski definition) is 4. The molecule has 1 saturated carbocycles. The van der Waals surface area contributed by atoms with Crippen LogP contribution < -0.4 is 0 Å². The average molecular weight is 262 g/mol. The Morgan fingerprint density at radius 3 is 3.00 bits per heavy atom. The summed E-state index contributed by atoms with van der Waals surface area (Å²) in [6.45, 7) is 7.84. The predicted octanol–water partition coefficient (Wildman–Crippen LogP) is 1.34. The van der Waals surface area contributed by atoms with Crippen molar-refractivity contribution in [2.45, 2.75) is 50.1 Å². The van der Waals surface area contributed by atoms with Crippen LogP contribution in [0.3, 0.4) is 0 Å². The highest BCUT2D eigenvalue weighted by Crippen LogP contribution is 2.64. The molecule has 2 aliphatic carbocycles. The summed E-state index contributed by atoms with van der Waals surface area (Å²) in [4.78, 5) is 11.8. The topological polar surface area (TPSA) is 59.1 Å². The van der Waals surface area contributed by atoms with Crippen LogP contribution in [0.15, 0.2) is 23.8 Å². The molecule has 2 aliphatic heterocycles. The molecule has 2 saturated heterocycles. The number of carbonyl (C=O) groups excluding carboxylic acids is 1. The molecule has 4 rings (SSSR count). The van der Waals surface area contributed by atoms with E-state index in [4.69, 9.17) is 9.47 Å². The molecule has 3 fully saturated rings. The molecule has 0 aromatic heterocycles. The highest BCUT2D eigenvalue weighted by Gasteiger charge is 2.75. The number of hydrogen-bond donors (Lipinski definition) is 1. The van der Waals surface area contributed by atoms with Gasteiger partial charge in [0, 0.05) is 17.9 Å². The zero-order valence-corrected chi connectivity index (χ0v) is 11.2. The normalized spacial score (nSPS) is 54.8. The van der Waals surface area contributed by atoms with E-state index in [1.807, 2.05) is 19.9 Å². The second-order valence-electron chi connectivity index (χ2n) is 6.52. The minimum atomic E-state index is -0.901. The van der Waals surface area contributed by atoms with Gasteiger partial charge in [0.15, 0.2) is 0 Å². The van der Waals surface area contributed by atoms with Gasteiger partial charge in [0.2, 0.25) is 0 Å². The highest BCUT2D eigenvalue weighted by atomic mass is 16.6. The van der Waals surface area contributed by atoms with E-state index in [0.717, 1.165) is 5.57 Å². The van der Waals surface area contributed by atoms with Crippen LogP contribution in [-0.2, 0) is 14.3 Å². The molecular formula is C15H18O4. The van der Waals surface area contributed by atoms with Gasteiger partial charge in [-0.3, -0.25) is 0 Å². The van der Waals surface area contributed by atoms with E-state index in [1.54, 1.807) is 0 Å². The molecular weight excluding hydrogens is 244 g/mol. The van der Waals surface area contributed by atoms with Gasteiger partial charge in [0.05, 0.1) is 17.6 Å². The summed E-state index contributed by atoms with van der Waals surface area (Å²) in [5.41, 5.74) is 0.253. The number of allylic oxidation sites excluding steroid dienone is 1. The van der Waals surface area contributed by atoms with Crippen molar-refractivity contribution in [3.63, 3.8) is 0 Å². The van der Waals surface area contributed by atoms with Crippen LogP contribution in [0.1, 0.15) is 26.7 Å². The summed E-state index contributed by atoms with van der Waals surface area (Å²) in [5.74, 6) is -0.531. The van der Waals surface area contributed by atoms with E-state index in [1.165, 1.54) is 0 Å². The molecule has 0 amide bonds. The third-order valence-corrected chi connectivity index (χ3v) is 5.65. The van der Waals surface area contributed by atoms with Gasteiger partial charge >= 0.3 is 5.97 Å². The van der Waals surface area contributed by atoms with E-state index in [0.29, 0.717) is 18.4 Å². The Morgan fingerprint density at radius 1 is 1.53 bits per heavy atom. The SMILES string of the molecule is C=C1C(=O)O[C@H]2[C@H]1CC=C(C)[C@]1(O)C[C@H]3O[C@@]3(C)[C@H]21. The number of rotatable bonds is 0. The molecule has 4 nitrogen and oxygen atoms in total. The van der Waals surface area contributed by atoms with Gasteiger partial charge in [-0.15, -0.1) is 0 Å². The van der Waals surface area contributed by atoms with Crippen molar-refractivity contribution in [3.05, 3.63) is 23.8 Å². The summed E-state index contributed by atoms with van der Waals surface area (Å²) in [6, 6.07) is 0. The molecule has 102 valence electrons. The smallest absolute Gasteiger partial charge is 0.334 e. The fourth-order valence-electron chi connectivity index (χ4n) is 4.37. The molecule has 4 aliphatic rings. The van der Waals surface area contributed by atoms with E-state index in [-0.39, 0.29) is 35.6 Å². The molecule has 0 spiro atoms. The maximum Gasteiger partial charge on any atom is 0.334 e. The Balaban J connectivity index is 1.85. The highest BCUT2D eigenvalue weighted by molar-refractivity contribution is 5.91. The monoisotopic (exact) mass is 262 g/mol. The van der Waals surface area contributed by atoms with Gasteiger partial charge < -0.3 is 14.6 Å². The first-order valence-electron chi connectivity index (χ1n) is 6.85. The van der Waals surface area contributed by atoms with Gasteiger partial charge in [-0.25, -0.2) is 4.79 Å². The van der Waals surface area contributed by atoms with Gasteiger partial charge in [-0.05, 0) is 25.8 Å². The average Bonchev–Trinajstić information content (AvgIpc) is 2.83. The number of ether oxygens (including phenoxy) is 2. The summed E-state index contributed by atoms with van der Waals surface area (Å²) >= 11 is 0. The van der Waals surface area contributed by atoms with Crippen molar-refractivity contribution in [1.29, 1.82) is 0 Å². The first-order chi connectivity index (χ1) is 8.88. The predicted molar refractivity (Wildman–Crippen MR) is 67.2 cm³/mol. The second kappa shape index (κ2) is 3.13. The Morgan fingerprint density at radius 2 is 2.26 bits per heavy atom. The van der Waals surface area contributed by atoms with Crippen LogP contribution in [0.25, 0.3) is 0 Å². The molecule has 19 heavy (non-hydrogen) atoms. The Kier molecular flexibility index (Phi) is 1.92. The lowest BCUT2D eigenvalue weighted by atomic mass is 9.75. The van der Waals surface area contributed by atoms with Crippen molar-refractivity contribution in [1.82, 2.24) is 0 Å². The first kappa shape index (κ1) is 11.7. The lowest BCUT2D eigenvalue weighted by Crippen LogP contribution is -2.48. The quantitative estimate of drug-likeness (QED) is 0.310. The van der Waals surface area contributed by atoms with Crippen LogP contribution in [0.2, 0.25) is 0 Å². The molecule has 0 radical (unpaired) electrons. The second-order valence-corrected chi connectivity index (χ2v) is 6.52.